The lowest BCUT2D eigenvalue weighted by Gasteiger charge is -2.28. The number of urea groups is 1. The number of benzene rings is 2. The van der Waals surface area contributed by atoms with E-state index in [4.69, 9.17) is 0 Å². The van der Waals surface area contributed by atoms with Gasteiger partial charge in [-0.2, -0.15) is 5.10 Å². The van der Waals surface area contributed by atoms with Crippen molar-refractivity contribution in [1.82, 2.24) is 20.1 Å². The molecule has 6 heteroatoms. The Morgan fingerprint density at radius 1 is 1.04 bits per heavy atom. The lowest BCUT2D eigenvalue weighted by Crippen LogP contribution is -2.41. The quantitative estimate of drug-likeness (QED) is 0.795. The maximum Gasteiger partial charge on any atom is 0.327 e. The van der Waals surface area contributed by atoms with Gasteiger partial charge in [-0.1, -0.05) is 36.4 Å². The SMILES string of the molecule is O=C(N[C@@H]1CCCn2ncnc21)N(c1ccccc1)c1ccccc1. The van der Waals surface area contributed by atoms with Gasteiger partial charge in [-0.25, -0.2) is 14.5 Å². The minimum atomic E-state index is -0.168. The zero-order chi connectivity index (χ0) is 17.1. The van der Waals surface area contributed by atoms with Crippen molar-refractivity contribution in [1.29, 1.82) is 0 Å². The fourth-order valence-electron chi connectivity index (χ4n) is 3.18. The molecule has 6 nitrogen and oxygen atoms in total. The largest absolute Gasteiger partial charge is 0.327 e. The molecule has 1 aromatic heterocycles. The second-order valence-electron chi connectivity index (χ2n) is 5.99. The van der Waals surface area contributed by atoms with Crippen molar-refractivity contribution in [3.05, 3.63) is 72.8 Å². The van der Waals surface area contributed by atoms with E-state index in [-0.39, 0.29) is 12.1 Å². The number of nitrogens with zero attached hydrogens (tertiary/aromatic N) is 4. The molecule has 3 aromatic rings. The van der Waals surface area contributed by atoms with Gasteiger partial charge in [0, 0.05) is 6.54 Å². The molecule has 0 fully saturated rings. The van der Waals surface area contributed by atoms with E-state index >= 15 is 0 Å². The molecule has 25 heavy (non-hydrogen) atoms. The summed E-state index contributed by atoms with van der Waals surface area (Å²) < 4.78 is 1.86. The van der Waals surface area contributed by atoms with Crippen LogP contribution in [0.15, 0.2) is 67.0 Å². The summed E-state index contributed by atoms with van der Waals surface area (Å²) in [7, 11) is 0. The lowest BCUT2D eigenvalue weighted by atomic mass is 10.1. The number of hydrogen-bond donors (Lipinski definition) is 1. The van der Waals surface area contributed by atoms with Crippen LogP contribution in [0.25, 0.3) is 0 Å². The molecule has 0 bridgehead atoms. The summed E-state index contributed by atoms with van der Waals surface area (Å²) in [5.41, 5.74) is 1.65. The van der Waals surface area contributed by atoms with Crippen LogP contribution in [0, 0.1) is 0 Å². The minimum Gasteiger partial charge on any atom is -0.327 e. The molecule has 0 unspecified atom stereocenters. The molecule has 0 spiro atoms. The zero-order valence-electron chi connectivity index (χ0n) is 13.7. The number of nitrogens with one attached hydrogen (secondary N) is 1. The van der Waals surface area contributed by atoms with Crippen LogP contribution in [0.4, 0.5) is 16.2 Å². The van der Waals surface area contributed by atoms with E-state index in [0.29, 0.717) is 0 Å². The van der Waals surface area contributed by atoms with Gasteiger partial charge in [0.2, 0.25) is 0 Å². The van der Waals surface area contributed by atoms with Crippen LogP contribution < -0.4 is 10.2 Å². The normalized spacial score (nSPS) is 16.1. The van der Waals surface area contributed by atoms with Crippen molar-refractivity contribution in [3.63, 3.8) is 0 Å². The first-order chi connectivity index (χ1) is 12.3. The summed E-state index contributed by atoms with van der Waals surface area (Å²) in [5, 5.41) is 7.34. The third-order valence-corrected chi connectivity index (χ3v) is 4.35. The molecule has 2 aromatic carbocycles. The number of carbonyl (C=O) groups is 1. The number of carbonyl (C=O) groups excluding carboxylic acids is 1. The van der Waals surface area contributed by atoms with Gasteiger partial charge in [0.1, 0.15) is 12.2 Å². The van der Waals surface area contributed by atoms with Crippen LogP contribution in [-0.2, 0) is 6.54 Å². The first-order valence-electron chi connectivity index (χ1n) is 8.41. The summed E-state index contributed by atoms with van der Waals surface area (Å²) >= 11 is 0. The molecule has 1 N–H and O–H groups in total. The molecule has 1 atom stereocenters. The van der Waals surface area contributed by atoms with E-state index in [0.717, 1.165) is 36.6 Å². The van der Waals surface area contributed by atoms with Crippen molar-refractivity contribution in [2.75, 3.05) is 4.90 Å². The molecule has 0 radical (unpaired) electrons. The molecule has 4 rings (SSSR count). The molecule has 1 aliphatic heterocycles. The summed E-state index contributed by atoms with van der Waals surface area (Å²) in [6.07, 6.45) is 3.38. The molecule has 0 aliphatic carbocycles. The molecule has 2 amide bonds. The molecule has 2 heterocycles. The standard InChI is InChI=1S/C19H19N5O/c25-19(22-17-12-7-13-23-18(17)20-14-21-23)24(15-8-3-1-4-9-15)16-10-5-2-6-11-16/h1-6,8-11,14,17H,7,12-13H2,(H,22,25)/t17-/m1/s1. The van der Waals surface area contributed by atoms with Crippen LogP contribution in [0.1, 0.15) is 24.7 Å². The van der Waals surface area contributed by atoms with Gasteiger partial charge in [0.25, 0.3) is 0 Å². The summed E-state index contributed by atoms with van der Waals surface area (Å²) in [6.45, 7) is 0.850. The Bertz CT molecular complexity index is 807. The van der Waals surface area contributed by atoms with E-state index in [2.05, 4.69) is 15.4 Å². The highest BCUT2D eigenvalue weighted by Crippen LogP contribution is 2.27. The van der Waals surface area contributed by atoms with Gasteiger partial charge in [0.05, 0.1) is 17.4 Å². The van der Waals surface area contributed by atoms with Gasteiger partial charge in [-0.05, 0) is 37.1 Å². The van der Waals surface area contributed by atoms with Crippen LogP contribution in [0.5, 0.6) is 0 Å². The van der Waals surface area contributed by atoms with Crippen LogP contribution in [0.2, 0.25) is 0 Å². The van der Waals surface area contributed by atoms with Gasteiger partial charge in [-0.3, -0.25) is 4.90 Å². The van der Waals surface area contributed by atoms with E-state index < -0.39 is 0 Å². The number of aryl methyl sites for hydroxylation is 1. The van der Waals surface area contributed by atoms with Crippen molar-refractivity contribution in [2.24, 2.45) is 0 Å². The smallest absolute Gasteiger partial charge is 0.327 e. The lowest BCUT2D eigenvalue weighted by molar-refractivity contribution is 0.240. The predicted molar refractivity (Wildman–Crippen MR) is 95.6 cm³/mol. The highest BCUT2D eigenvalue weighted by Gasteiger charge is 2.27. The Kier molecular flexibility index (Phi) is 4.16. The Hall–Kier alpha value is -3.15. The number of aromatic nitrogens is 3. The Morgan fingerprint density at radius 2 is 1.68 bits per heavy atom. The topological polar surface area (TPSA) is 63.1 Å². The maximum absolute atomic E-state index is 13.1. The molecule has 0 saturated carbocycles. The highest BCUT2D eigenvalue weighted by molar-refractivity contribution is 5.99. The molecule has 126 valence electrons. The van der Waals surface area contributed by atoms with Crippen molar-refractivity contribution < 1.29 is 4.79 Å². The number of rotatable bonds is 3. The average Bonchev–Trinajstić information content (AvgIpc) is 3.14. The van der Waals surface area contributed by atoms with Gasteiger partial charge in [0.15, 0.2) is 0 Å². The highest BCUT2D eigenvalue weighted by atomic mass is 16.2. The minimum absolute atomic E-state index is 0.126. The second kappa shape index (κ2) is 6.76. The first kappa shape index (κ1) is 15.4. The number of anilines is 2. The third kappa shape index (κ3) is 3.10. The van der Waals surface area contributed by atoms with E-state index in [9.17, 15) is 4.79 Å². The number of hydrogen-bond acceptors (Lipinski definition) is 3. The zero-order valence-corrected chi connectivity index (χ0v) is 13.7. The fourth-order valence-corrected chi connectivity index (χ4v) is 3.18. The molecule has 1 aliphatic rings. The van der Waals surface area contributed by atoms with E-state index in [1.807, 2.05) is 65.3 Å². The van der Waals surface area contributed by atoms with Crippen molar-refractivity contribution in [3.8, 4) is 0 Å². The van der Waals surface area contributed by atoms with Gasteiger partial charge >= 0.3 is 6.03 Å². The second-order valence-corrected chi connectivity index (χ2v) is 5.99. The summed E-state index contributed by atoms with van der Waals surface area (Å²) in [4.78, 5) is 19.1. The molecule has 0 saturated heterocycles. The fraction of sp³-hybridized carbons (Fsp3) is 0.211. The van der Waals surface area contributed by atoms with Crippen molar-refractivity contribution in [2.45, 2.75) is 25.4 Å². The summed E-state index contributed by atoms with van der Waals surface area (Å²) in [5.74, 6) is 0.820. The third-order valence-electron chi connectivity index (χ3n) is 4.35. The number of fused-ring (bicyclic) bond motifs is 1. The van der Waals surface area contributed by atoms with Crippen LogP contribution >= 0.6 is 0 Å². The first-order valence-corrected chi connectivity index (χ1v) is 8.41. The Labute approximate surface area is 146 Å². The van der Waals surface area contributed by atoms with Gasteiger partial charge in [-0.15, -0.1) is 0 Å². The number of amides is 2. The Balaban J connectivity index is 1.63. The van der Waals surface area contributed by atoms with E-state index in [1.165, 1.54) is 0 Å². The van der Waals surface area contributed by atoms with Crippen LogP contribution in [0.3, 0.4) is 0 Å². The monoisotopic (exact) mass is 333 g/mol. The van der Waals surface area contributed by atoms with Crippen LogP contribution in [-0.4, -0.2) is 20.8 Å². The van der Waals surface area contributed by atoms with Gasteiger partial charge < -0.3 is 5.32 Å². The predicted octanol–water partition coefficient (Wildman–Crippen LogP) is 3.66. The summed E-state index contributed by atoms with van der Waals surface area (Å²) in [6, 6.07) is 19.0. The maximum atomic E-state index is 13.1. The average molecular weight is 333 g/mol. The molecular formula is C19H19N5O. The number of para-hydroxylation sites is 2. The van der Waals surface area contributed by atoms with E-state index in [1.54, 1.807) is 11.2 Å². The Morgan fingerprint density at radius 3 is 2.32 bits per heavy atom. The van der Waals surface area contributed by atoms with Crippen molar-refractivity contribution >= 4 is 17.4 Å². The molecular weight excluding hydrogens is 314 g/mol.